The number of carbonyl (C=O) groups is 2. The first-order chi connectivity index (χ1) is 17.4. The van der Waals surface area contributed by atoms with E-state index in [2.05, 4.69) is 5.32 Å². The molecule has 0 amide bonds. The van der Waals surface area contributed by atoms with Crippen LogP contribution < -0.4 is 14.8 Å². The number of allylic oxidation sites excluding steroid dienone is 3. The first-order valence-corrected chi connectivity index (χ1v) is 12.3. The molecule has 1 heterocycles. The molecule has 0 bridgehead atoms. The summed E-state index contributed by atoms with van der Waals surface area (Å²) in [5, 5.41) is 3.34. The number of dihydropyridines is 1. The van der Waals surface area contributed by atoms with E-state index in [1.807, 2.05) is 32.0 Å². The summed E-state index contributed by atoms with van der Waals surface area (Å²) >= 11 is 0. The van der Waals surface area contributed by atoms with Crippen LogP contribution in [0, 0.1) is 5.82 Å². The fourth-order valence-corrected chi connectivity index (χ4v) is 5.03. The molecule has 6 nitrogen and oxygen atoms in total. The van der Waals surface area contributed by atoms with Crippen LogP contribution in [0.25, 0.3) is 0 Å². The molecule has 0 aromatic heterocycles. The molecule has 0 unspecified atom stereocenters. The summed E-state index contributed by atoms with van der Waals surface area (Å²) in [6.07, 6.45) is 2.53. The van der Waals surface area contributed by atoms with Crippen LogP contribution in [0.5, 0.6) is 11.5 Å². The maximum absolute atomic E-state index is 13.7. The molecule has 0 radical (unpaired) electrons. The summed E-state index contributed by atoms with van der Waals surface area (Å²) < 4.78 is 30.1. The Hall–Kier alpha value is -3.61. The van der Waals surface area contributed by atoms with Gasteiger partial charge < -0.3 is 19.5 Å². The number of carbonyl (C=O) groups excluding carboxylic acids is 2. The minimum absolute atomic E-state index is 0.0516. The molecule has 2 aliphatic rings. The van der Waals surface area contributed by atoms with E-state index in [4.69, 9.17) is 14.2 Å². The lowest BCUT2D eigenvalue weighted by Gasteiger charge is -2.36. The van der Waals surface area contributed by atoms with Gasteiger partial charge in [-0.3, -0.25) is 4.79 Å². The summed E-state index contributed by atoms with van der Waals surface area (Å²) in [5.74, 6) is -0.332. The lowest BCUT2D eigenvalue weighted by molar-refractivity contribution is -0.139. The number of hydrogen-bond donors (Lipinski definition) is 1. The Balaban J connectivity index is 1.73. The van der Waals surface area contributed by atoms with E-state index in [1.165, 1.54) is 12.1 Å². The standard InChI is InChI=1S/C29H32FNO5/c1-5-6-13-36-29(33)26-17(2)31-22-14-20(19-9-12-24(34-3)25(16-19)35-4)15-23(32)28(22)27(26)18-7-10-21(30)11-8-18/h7-12,16,20,27,31H,5-6,13-15H2,1-4H3/t20-,27+/m1/s1. The molecule has 190 valence electrons. The van der Waals surface area contributed by atoms with Gasteiger partial charge in [0.1, 0.15) is 5.82 Å². The van der Waals surface area contributed by atoms with Gasteiger partial charge in [-0.2, -0.15) is 0 Å². The average Bonchev–Trinajstić information content (AvgIpc) is 2.87. The Morgan fingerprint density at radius 3 is 2.39 bits per heavy atom. The van der Waals surface area contributed by atoms with Crippen LogP contribution in [0.2, 0.25) is 0 Å². The van der Waals surface area contributed by atoms with Crippen LogP contribution in [0.4, 0.5) is 4.39 Å². The number of halogens is 1. The number of rotatable bonds is 8. The summed E-state index contributed by atoms with van der Waals surface area (Å²) in [4.78, 5) is 26.9. The van der Waals surface area contributed by atoms with E-state index >= 15 is 0 Å². The van der Waals surface area contributed by atoms with Gasteiger partial charge in [-0.1, -0.05) is 31.5 Å². The smallest absolute Gasteiger partial charge is 0.336 e. The second-order valence-corrected chi connectivity index (χ2v) is 9.17. The van der Waals surface area contributed by atoms with Crippen molar-refractivity contribution in [1.82, 2.24) is 5.32 Å². The van der Waals surface area contributed by atoms with Gasteiger partial charge in [0.25, 0.3) is 0 Å². The number of esters is 1. The predicted octanol–water partition coefficient (Wildman–Crippen LogP) is 5.55. The zero-order valence-electron chi connectivity index (χ0n) is 21.2. The summed E-state index contributed by atoms with van der Waals surface area (Å²) in [5.41, 5.74) is 4.03. The average molecular weight is 494 g/mol. The highest BCUT2D eigenvalue weighted by Gasteiger charge is 2.41. The van der Waals surface area contributed by atoms with Crippen molar-refractivity contribution >= 4 is 11.8 Å². The van der Waals surface area contributed by atoms with Gasteiger partial charge in [0, 0.05) is 29.3 Å². The molecule has 1 N–H and O–H groups in total. The number of hydrogen-bond acceptors (Lipinski definition) is 6. The SMILES string of the molecule is CCCCOC(=O)C1=C(C)NC2=C(C(=O)C[C@H](c3ccc(OC)c(OC)c3)C2)[C@H]1c1ccc(F)cc1. The first-order valence-electron chi connectivity index (χ1n) is 12.3. The third-order valence-electron chi connectivity index (χ3n) is 6.86. The van der Waals surface area contributed by atoms with Gasteiger partial charge in [0.2, 0.25) is 0 Å². The van der Waals surface area contributed by atoms with Gasteiger partial charge in [0.05, 0.1) is 26.4 Å². The number of ether oxygens (including phenoxy) is 3. The topological polar surface area (TPSA) is 73.9 Å². The van der Waals surface area contributed by atoms with Gasteiger partial charge >= 0.3 is 5.97 Å². The predicted molar refractivity (Wildman–Crippen MR) is 134 cm³/mol. The number of Topliss-reactive ketones (excluding diaryl/α,β-unsaturated/α-hetero) is 1. The second-order valence-electron chi connectivity index (χ2n) is 9.17. The van der Waals surface area contributed by atoms with E-state index in [0.29, 0.717) is 46.9 Å². The zero-order valence-corrected chi connectivity index (χ0v) is 21.2. The van der Waals surface area contributed by atoms with E-state index in [0.717, 1.165) is 24.1 Å². The largest absolute Gasteiger partial charge is 0.493 e. The first kappa shape index (κ1) is 25.5. The van der Waals surface area contributed by atoms with Crippen molar-refractivity contribution in [1.29, 1.82) is 0 Å². The van der Waals surface area contributed by atoms with E-state index in [-0.39, 0.29) is 23.9 Å². The second kappa shape index (κ2) is 11.0. The highest BCUT2D eigenvalue weighted by molar-refractivity contribution is 6.04. The summed E-state index contributed by atoms with van der Waals surface area (Å²) in [6.45, 7) is 4.15. The quantitative estimate of drug-likeness (QED) is 0.384. The molecule has 36 heavy (non-hydrogen) atoms. The molecule has 1 aliphatic heterocycles. The normalized spacial score (nSPS) is 19.5. The molecule has 4 rings (SSSR count). The molecule has 2 aromatic rings. The minimum Gasteiger partial charge on any atom is -0.493 e. The van der Waals surface area contributed by atoms with E-state index in [1.54, 1.807) is 26.4 Å². The van der Waals surface area contributed by atoms with Crippen molar-refractivity contribution < 1.29 is 28.2 Å². The van der Waals surface area contributed by atoms with Crippen LogP contribution in [0.15, 0.2) is 65.0 Å². The molecule has 7 heteroatoms. The third kappa shape index (κ3) is 5.01. The molecular weight excluding hydrogens is 461 g/mol. The Kier molecular flexibility index (Phi) is 7.77. The van der Waals surface area contributed by atoms with Crippen molar-refractivity contribution in [3.63, 3.8) is 0 Å². The van der Waals surface area contributed by atoms with Crippen molar-refractivity contribution in [2.24, 2.45) is 0 Å². The molecule has 2 aromatic carbocycles. The molecular formula is C29H32FNO5. The monoisotopic (exact) mass is 493 g/mol. The van der Waals surface area contributed by atoms with Crippen molar-refractivity contribution in [3.05, 3.63) is 81.9 Å². The van der Waals surface area contributed by atoms with Gasteiger partial charge in [0.15, 0.2) is 17.3 Å². The number of methoxy groups -OCH3 is 2. The fraction of sp³-hybridized carbons (Fsp3) is 0.379. The van der Waals surface area contributed by atoms with Gasteiger partial charge in [-0.15, -0.1) is 0 Å². The lowest BCUT2D eigenvalue weighted by atomic mass is 9.71. The molecule has 0 saturated heterocycles. The molecule has 0 spiro atoms. The Morgan fingerprint density at radius 1 is 1.03 bits per heavy atom. The third-order valence-corrected chi connectivity index (χ3v) is 6.86. The maximum atomic E-state index is 13.7. The van der Waals surface area contributed by atoms with Crippen LogP contribution in [0.3, 0.4) is 0 Å². The van der Waals surface area contributed by atoms with Crippen LogP contribution in [-0.2, 0) is 14.3 Å². The van der Waals surface area contributed by atoms with Crippen molar-refractivity contribution in [3.8, 4) is 11.5 Å². The summed E-state index contributed by atoms with van der Waals surface area (Å²) in [6, 6.07) is 11.7. The van der Waals surface area contributed by atoms with Crippen LogP contribution >= 0.6 is 0 Å². The van der Waals surface area contributed by atoms with Gasteiger partial charge in [-0.25, -0.2) is 9.18 Å². The number of nitrogens with one attached hydrogen (secondary N) is 1. The van der Waals surface area contributed by atoms with Crippen LogP contribution in [-0.4, -0.2) is 32.6 Å². The number of ketones is 1. The van der Waals surface area contributed by atoms with Crippen molar-refractivity contribution in [2.75, 3.05) is 20.8 Å². The highest BCUT2D eigenvalue weighted by Crippen LogP contribution is 2.46. The highest BCUT2D eigenvalue weighted by atomic mass is 19.1. The molecule has 1 aliphatic carbocycles. The zero-order chi connectivity index (χ0) is 25.8. The molecule has 0 fully saturated rings. The Labute approximate surface area is 211 Å². The van der Waals surface area contributed by atoms with Gasteiger partial charge in [-0.05, 0) is 61.1 Å². The summed E-state index contributed by atoms with van der Waals surface area (Å²) in [7, 11) is 3.17. The molecule has 0 saturated carbocycles. The fourth-order valence-electron chi connectivity index (χ4n) is 5.03. The molecule has 2 atom stereocenters. The Bertz CT molecular complexity index is 1210. The Morgan fingerprint density at radius 2 is 1.72 bits per heavy atom. The van der Waals surface area contributed by atoms with Crippen molar-refractivity contribution in [2.45, 2.75) is 51.4 Å². The van der Waals surface area contributed by atoms with Crippen LogP contribution in [0.1, 0.15) is 62.5 Å². The lowest BCUT2D eigenvalue weighted by Crippen LogP contribution is -2.36. The minimum atomic E-state index is -0.616. The number of unbranched alkanes of at least 4 members (excludes halogenated alkanes) is 1. The van der Waals surface area contributed by atoms with E-state index < -0.39 is 11.9 Å². The number of benzene rings is 2. The van der Waals surface area contributed by atoms with E-state index in [9.17, 15) is 14.0 Å². The maximum Gasteiger partial charge on any atom is 0.336 e.